The molecule has 5 nitrogen and oxygen atoms in total. The fourth-order valence-corrected chi connectivity index (χ4v) is 5.47. The van der Waals surface area contributed by atoms with Gasteiger partial charge in [0.1, 0.15) is 0 Å². The van der Waals surface area contributed by atoms with Gasteiger partial charge in [0.2, 0.25) is 0 Å². The quantitative estimate of drug-likeness (QED) is 0.726. The molecule has 2 atom stereocenters. The Morgan fingerprint density at radius 2 is 1.81 bits per heavy atom. The molecule has 0 bridgehead atoms. The number of halogens is 1. The van der Waals surface area contributed by atoms with Crippen LogP contribution in [-0.4, -0.2) is 43.8 Å². The summed E-state index contributed by atoms with van der Waals surface area (Å²) in [5, 5.41) is 12.7. The summed E-state index contributed by atoms with van der Waals surface area (Å²) in [4.78, 5) is 2.46. The first kappa shape index (κ1) is 19.9. The molecule has 2 aliphatic rings. The minimum absolute atomic E-state index is 0.0982. The van der Waals surface area contributed by atoms with Crippen LogP contribution in [0.25, 0.3) is 0 Å². The van der Waals surface area contributed by atoms with Crippen LogP contribution in [0.15, 0.2) is 0 Å². The smallest absolute Gasteiger partial charge is 0.192 e. The topological polar surface area (TPSA) is 50.3 Å². The SMILES string of the molecule is CC(C)(C)c1c(Cl)nnc2c1N1C[C@@H](O[Si](C)(C)C(C)(C)C)C[C@@H]1CN2. The third-order valence-corrected chi connectivity index (χ3v) is 10.9. The van der Waals surface area contributed by atoms with Gasteiger partial charge in [0, 0.05) is 24.7 Å². The molecule has 0 aliphatic carbocycles. The van der Waals surface area contributed by atoms with Crippen LogP contribution in [-0.2, 0) is 9.84 Å². The lowest BCUT2D eigenvalue weighted by molar-refractivity contribution is 0.199. The molecule has 1 aromatic heterocycles. The Morgan fingerprint density at radius 1 is 1.15 bits per heavy atom. The van der Waals surface area contributed by atoms with Gasteiger partial charge in [-0.25, -0.2) is 0 Å². The van der Waals surface area contributed by atoms with Gasteiger partial charge in [-0.15, -0.1) is 10.2 Å². The van der Waals surface area contributed by atoms with Gasteiger partial charge in [0.25, 0.3) is 0 Å². The van der Waals surface area contributed by atoms with Gasteiger partial charge in [-0.1, -0.05) is 53.1 Å². The second kappa shape index (κ2) is 6.35. The number of anilines is 2. The van der Waals surface area contributed by atoms with E-state index >= 15 is 0 Å². The lowest BCUT2D eigenvalue weighted by Gasteiger charge is -2.39. The molecule has 7 heteroatoms. The summed E-state index contributed by atoms with van der Waals surface area (Å²) in [6.45, 7) is 19.9. The van der Waals surface area contributed by atoms with Crippen molar-refractivity contribution in [2.45, 2.75) is 83.7 Å². The van der Waals surface area contributed by atoms with Gasteiger partial charge in [-0.2, -0.15) is 0 Å². The van der Waals surface area contributed by atoms with Crippen molar-refractivity contribution in [2.75, 3.05) is 23.3 Å². The van der Waals surface area contributed by atoms with Crippen molar-refractivity contribution in [3.8, 4) is 0 Å². The molecule has 2 aliphatic heterocycles. The van der Waals surface area contributed by atoms with E-state index in [1.807, 2.05) is 0 Å². The molecule has 1 aromatic rings. The Hall–Kier alpha value is -0.853. The average Bonchev–Trinajstić information content (AvgIpc) is 2.86. The fraction of sp³-hybridized carbons (Fsp3) is 0.789. The molecule has 3 heterocycles. The summed E-state index contributed by atoms with van der Waals surface area (Å²) < 4.78 is 6.73. The zero-order valence-electron chi connectivity index (χ0n) is 17.4. The highest BCUT2D eigenvalue weighted by Gasteiger charge is 2.45. The normalized spacial score (nSPS) is 23.5. The molecule has 0 radical (unpaired) electrons. The summed E-state index contributed by atoms with van der Waals surface area (Å²) in [5.41, 5.74) is 2.10. The number of nitrogens with zero attached hydrogens (tertiary/aromatic N) is 3. The Labute approximate surface area is 164 Å². The highest BCUT2D eigenvalue weighted by molar-refractivity contribution is 6.74. The Balaban J connectivity index is 1.93. The van der Waals surface area contributed by atoms with E-state index in [0.29, 0.717) is 11.2 Å². The maximum Gasteiger partial charge on any atom is 0.192 e. The highest BCUT2D eigenvalue weighted by Crippen LogP contribution is 2.46. The van der Waals surface area contributed by atoms with E-state index in [9.17, 15) is 0 Å². The molecule has 0 unspecified atom stereocenters. The Bertz CT molecular complexity index is 696. The predicted octanol–water partition coefficient (Wildman–Crippen LogP) is 4.82. The number of nitrogens with one attached hydrogen (secondary N) is 1. The van der Waals surface area contributed by atoms with Gasteiger partial charge in [0.05, 0.1) is 11.8 Å². The number of aromatic nitrogens is 2. The largest absolute Gasteiger partial charge is 0.412 e. The van der Waals surface area contributed by atoms with E-state index in [-0.39, 0.29) is 16.6 Å². The molecule has 1 saturated heterocycles. The summed E-state index contributed by atoms with van der Waals surface area (Å²) >= 11 is 6.49. The molecule has 146 valence electrons. The number of hydrogen-bond donors (Lipinski definition) is 1. The third kappa shape index (κ3) is 3.48. The first-order valence-corrected chi connectivity index (χ1v) is 12.8. The Kier molecular flexibility index (Phi) is 4.86. The number of hydrogen-bond acceptors (Lipinski definition) is 5. The molecule has 26 heavy (non-hydrogen) atoms. The van der Waals surface area contributed by atoms with Crippen molar-refractivity contribution in [1.82, 2.24) is 10.2 Å². The van der Waals surface area contributed by atoms with E-state index in [1.165, 1.54) is 0 Å². The number of fused-ring (bicyclic) bond motifs is 3. The van der Waals surface area contributed by atoms with Gasteiger partial charge < -0.3 is 14.6 Å². The lowest BCUT2D eigenvalue weighted by Crippen LogP contribution is -2.44. The predicted molar refractivity (Wildman–Crippen MR) is 112 cm³/mol. The van der Waals surface area contributed by atoms with Crippen molar-refractivity contribution in [3.63, 3.8) is 0 Å². The monoisotopic (exact) mass is 396 g/mol. The minimum atomic E-state index is -1.79. The van der Waals surface area contributed by atoms with E-state index in [0.717, 1.165) is 36.6 Å². The van der Waals surface area contributed by atoms with E-state index < -0.39 is 8.32 Å². The molecule has 0 saturated carbocycles. The van der Waals surface area contributed by atoms with Crippen molar-refractivity contribution in [2.24, 2.45) is 0 Å². The van der Waals surface area contributed by atoms with Crippen molar-refractivity contribution in [1.29, 1.82) is 0 Å². The van der Waals surface area contributed by atoms with Crippen LogP contribution in [0.2, 0.25) is 23.3 Å². The summed E-state index contributed by atoms with van der Waals surface area (Å²) in [5.74, 6) is 0.851. The average molecular weight is 397 g/mol. The zero-order valence-corrected chi connectivity index (χ0v) is 19.2. The van der Waals surface area contributed by atoms with Crippen LogP contribution in [0.4, 0.5) is 11.5 Å². The van der Waals surface area contributed by atoms with Gasteiger partial charge in [0.15, 0.2) is 19.3 Å². The van der Waals surface area contributed by atoms with E-state index in [2.05, 4.69) is 75.1 Å². The van der Waals surface area contributed by atoms with Crippen LogP contribution < -0.4 is 10.2 Å². The van der Waals surface area contributed by atoms with Gasteiger partial charge >= 0.3 is 0 Å². The lowest BCUT2D eigenvalue weighted by atomic mass is 9.86. The summed E-state index contributed by atoms with van der Waals surface area (Å²) in [6, 6.07) is 0.415. The maximum absolute atomic E-state index is 6.73. The third-order valence-electron chi connectivity index (χ3n) is 6.09. The Morgan fingerprint density at radius 3 is 2.38 bits per heavy atom. The first-order chi connectivity index (χ1) is 11.8. The molecule has 1 fully saturated rings. The van der Waals surface area contributed by atoms with Crippen LogP contribution in [0, 0.1) is 0 Å². The van der Waals surface area contributed by atoms with Crippen LogP contribution in [0.5, 0.6) is 0 Å². The summed E-state index contributed by atoms with van der Waals surface area (Å²) in [6.07, 6.45) is 1.30. The van der Waals surface area contributed by atoms with Crippen LogP contribution in [0.1, 0.15) is 53.5 Å². The molecule has 0 amide bonds. The molecule has 0 aromatic carbocycles. The molecule has 3 rings (SSSR count). The van der Waals surface area contributed by atoms with Gasteiger partial charge in [-0.3, -0.25) is 0 Å². The molecule has 1 N–H and O–H groups in total. The molecule has 0 spiro atoms. The minimum Gasteiger partial charge on any atom is -0.412 e. The van der Waals surface area contributed by atoms with Crippen molar-refractivity contribution >= 4 is 31.4 Å². The van der Waals surface area contributed by atoms with Crippen LogP contribution in [0.3, 0.4) is 0 Å². The van der Waals surface area contributed by atoms with E-state index in [4.69, 9.17) is 16.0 Å². The molecular weight excluding hydrogens is 364 g/mol. The van der Waals surface area contributed by atoms with Crippen molar-refractivity contribution in [3.05, 3.63) is 10.7 Å². The van der Waals surface area contributed by atoms with E-state index in [1.54, 1.807) is 0 Å². The second-order valence-corrected chi connectivity index (χ2v) is 15.4. The molecular formula is C19H33ClN4OSi. The zero-order chi connectivity index (χ0) is 19.5. The first-order valence-electron chi connectivity index (χ1n) is 9.56. The standard InChI is InChI=1S/C19H33ClN4OSi/c1-18(2,3)14-15-17(23-22-16(14)20)21-10-12-9-13(11-24(12)15)25-26(7,8)19(4,5)6/h12-13H,9-11H2,1-8H3,(H,21,23)/t12-,13+/m1/s1. The number of rotatable bonds is 2. The maximum atomic E-state index is 6.73. The van der Waals surface area contributed by atoms with Crippen LogP contribution >= 0.6 is 11.6 Å². The highest BCUT2D eigenvalue weighted by atomic mass is 35.5. The van der Waals surface area contributed by atoms with Gasteiger partial charge in [-0.05, 0) is 30.0 Å². The second-order valence-electron chi connectivity index (χ2n) is 10.2. The van der Waals surface area contributed by atoms with Crippen molar-refractivity contribution < 1.29 is 4.43 Å². The fourth-order valence-electron chi connectivity index (χ4n) is 3.71. The summed E-state index contributed by atoms with van der Waals surface area (Å²) in [7, 11) is -1.79.